The highest BCUT2D eigenvalue weighted by Gasteiger charge is 2.21. The molecule has 0 bridgehead atoms. The van der Waals surface area contributed by atoms with Gasteiger partial charge in [-0.25, -0.2) is 0 Å². The van der Waals surface area contributed by atoms with E-state index in [1.807, 2.05) is 0 Å². The lowest BCUT2D eigenvalue weighted by molar-refractivity contribution is 0.116. The number of nitrogens with zero attached hydrogens (tertiary/aromatic N) is 1. The van der Waals surface area contributed by atoms with Crippen molar-refractivity contribution in [1.29, 1.82) is 0 Å². The van der Waals surface area contributed by atoms with E-state index in [0.29, 0.717) is 12.6 Å². The molecule has 0 aliphatic heterocycles. The van der Waals surface area contributed by atoms with E-state index in [1.54, 1.807) is 0 Å². The summed E-state index contributed by atoms with van der Waals surface area (Å²) in [5.74, 6) is 0. The van der Waals surface area contributed by atoms with Gasteiger partial charge in [0.2, 0.25) is 0 Å². The average molecular weight is 143 g/mol. The molecule has 0 amide bonds. The van der Waals surface area contributed by atoms with Crippen LogP contribution in [0.25, 0.3) is 0 Å². The van der Waals surface area contributed by atoms with E-state index in [2.05, 4.69) is 5.18 Å². The van der Waals surface area contributed by atoms with Crippen molar-refractivity contribution in [1.82, 2.24) is 0 Å². The minimum Gasteiger partial charge on any atom is -0.378 e. The molecule has 0 heterocycles. The lowest BCUT2D eigenvalue weighted by atomic mass is 10.3. The predicted molar refractivity (Wildman–Crippen MR) is 38.9 cm³/mol. The fourth-order valence-electron chi connectivity index (χ4n) is 0.763. The first-order valence-corrected chi connectivity index (χ1v) is 3.84. The molecule has 0 spiro atoms. The molecular weight excluding hydrogens is 130 g/mol. The quantitative estimate of drug-likeness (QED) is 0.419. The summed E-state index contributed by atoms with van der Waals surface area (Å²) in [5.41, 5.74) is 0. The third-order valence-electron chi connectivity index (χ3n) is 1.52. The Morgan fingerprint density at radius 2 is 2.20 bits per heavy atom. The standard InChI is InChI=1S/C7H13NO2/c9-8-5-1-2-6-10-7-3-4-7/h7H,1-6H2. The molecule has 0 atom stereocenters. The predicted octanol–water partition coefficient (Wildman–Crippen LogP) is 1.71. The molecule has 1 saturated carbocycles. The molecule has 1 rings (SSSR count). The zero-order valence-corrected chi connectivity index (χ0v) is 6.08. The van der Waals surface area contributed by atoms with Crippen LogP contribution in [0.4, 0.5) is 0 Å². The maximum absolute atomic E-state index is 9.62. The van der Waals surface area contributed by atoms with Gasteiger partial charge in [0.15, 0.2) is 0 Å². The summed E-state index contributed by atoms with van der Waals surface area (Å²) in [6.07, 6.45) is 4.85. The number of hydrogen-bond donors (Lipinski definition) is 0. The van der Waals surface area contributed by atoms with Crippen molar-refractivity contribution in [2.75, 3.05) is 13.2 Å². The topological polar surface area (TPSA) is 38.7 Å². The van der Waals surface area contributed by atoms with Crippen LogP contribution in [0.3, 0.4) is 0 Å². The molecule has 1 aliphatic carbocycles. The fourth-order valence-corrected chi connectivity index (χ4v) is 0.763. The summed E-state index contributed by atoms with van der Waals surface area (Å²) in [4.78, 5) is 9.62. The summed E-state index contributed by atoms with van der Waals surface area (Å²) < 4.78 is 5.36. The molecule has 58 valence electrons. The molecule has 0 aromatic rings. The van der Waals surface area contributed by atoms with Crippen molar-refractivity contribution in [3.63, 3.8) is 0 Å². The van der Waals surface area contributed by atoms with Crippen LogP contribution in [0.2, 0.25) is 0 Å². The van der Waals surface area contributed by atoms with E-state index in [4.69, 9.17) is 4.74 Å². The Bertz CT molecular complexity index is 102. The molecule has 3 nitrogen and oxygen atoms in total. The smallest absolute Gasteiger partial charge is 0.0812 e. The van der Waals surface area contributed by atoms with Gasteiger partial charge in [-0.3, -0.25) is 0 Å². The highest BCUT2D eigenvalue weighted by Crippen LogP contribution is 2.23. The zero-order chi connectivity index (χ0) is 7.23. The normalized spacial score (nSPS) is 17.2. The minimum atomic E-state index is 0.439. The molecule has 1 aliphatic rings. The van der Waals surface area contributed by atoms with Crippen molar-refractivity contribution in [2.45, 2.75) is 31.8 Å². The van der Waals surface area contributed by atoms with Crippen LogP contribution in [-0.2, 0) is 4.74 Å². The molecule has 3 heteroatoms. The molecule has 10 heavy (non-hydrogen) atoms. The summed E-state index contributed by atoms with van der Waals surface area (Å²) in [6, 6.07) is 0. The number of nitroso groups, excluding NO2 is 1. The van der Waals surface area contributed by atoms with Gasteiger partial charge in [0.05, 0.1) is 12.6 Å². The van der Waals surface area contributed by atoms with Gasteiger partial charge in [0.1, 0.15) is 0 Å². The Kier molecular flexibility index (Phi) is 3.36. The van der Waals surface area contributed by atoms with E-state index < -0.39 is 0 Å². The van der Waals surface area contributed by atoms with Crippen LogP contribution >= 0.6 is 0 Å². The summed E-state index contributed by atoms with van der Waals surface area (Å²) in [5, 5.41) is 2.76. The third kappa shape index (κ3) is 3.56. The van der Waals surface area contributed by atoms with E-state index in [-0.39, 0.29) is 0 Å². The van der Waals surface area contributed by atoms with Gasteiger partial charge in [-0.15, -0.1) is 0 Å². The highest BCUT2D eigenvalue weighted by molar-refractivity contribution is 4.72. The summed E-state index contributed by atoms with van der Waals surface area (Å²) in [6.45, 7) is 1.24. The minimum absolute atomic E-state index is 0.439. The average Bonchev–Trinajstić information content (AvgIpc) is 2.71. The van der Waals surface area contributed by atoms with Crippen LogP contribution in [0.15, 0.2) is 5.18 Å². The van der Waals surface area contributed by atoms with Crippen molar-refractivity contribution in [2.24, 2.45) is 5.18 Å². The molecule has 0 aromatic carbocycles. The number of unbranched alkanes of at least 4 members (excludes halogenated alkanes) is 1. The van der Waals surface area contributed by atoms with Gasteiger partial charge in [-0.05, 0) is 25.7 Å². The summed E-state index contributed by atoms with van der Waals surface area (Å²) in [7, 11) is 0. The maximum atomic E-state index is 9.62. The van der Waals surface area contributed by atoms with Crippen molar-refractivity contribution < 1.29 is 4.74 Å². The van der Waals surface area contributed by atoms with Crippen molar-refractivity contribution in [3.8, 4) is 0 Å². The van der Waals surface area contributed by atoms with E-state index in [1.165, 1.54) is 12.8 Å². The van der Waals surface area contributed by atoms with Crippen LogP contribution in [0, 0.1) is 4.91 Å². The first-order valence-electron chi connectivity index (χ1n) is 3.84. The lowest BCUT2D eigenvalue weighted by Crippen LogP contribution is -1.96. The molecule has 0 unspecified atom stereocenters. The number of rotatable bonds is 6. The Hall–Kier alpha value is -0.440. The van der Waals surface area contributed by atoms with E-state index in [9.17, 15) is 4.91 Å². The number of ether oxygens (including phenoxy) is 1. The Morgan fingerprint density at radius 1 is 1.40 bits per heavy atom. The van der Waals surface area contributed by atoms with Crippen LogP contribution in [0.1, 0.15) is 25.7 Å². The Balaban J connectivity index is 1.72. The van der Waals surface area contributed by atoms with Gasteiger partial charge < -0.3 is 4.74 Å². The molecule has 0 N–H and O–H groups in total. The van der Waals surface area contributed by atoms with Gasteiger partial charge in [0, 0.05) is 6.61 Å². The Morgan fingerprint density at radius 3 is 2.80 bits per heavy atom. The highest BCUT2D eigenvalue weighted by atomic mass is 16.5. The molecule has 0 saturated heterocycles. The first kappa shape index (κ1) is 7.66. The molecule has 0 radical (unpaired) electrons. The van der Waals surface area contributed by atoms with Crippen LogP contribution in [-0.4, -0.2) is 19.3 Å². The number of hydrogen-bond acceptors (Lipinski definition) is 3. The second-order valence-electron chi connectivity index (χ2n) is 2.63. The van der Waals surface area contributed by atoms with E-state index in [0.717, 1.165) is 19.4 Å². The van der Waals surface area contributed by atoms with Gasteiger partial charge in [-0.1, -0.05) is 5.18 Å². The first-order chi connectivity index (χ1) is 4.93. The lowest BCUT2D eigenvalue weighted by Gasteiger charge is -1.98. The van der Waals surface area contributed by atoms with Gasteiger partial charge >= 0.3 is 0 Å². The zero-order valence-electron chi connectivity index (χ0n) is 6.08. The van der Waals surface area contributed by atoms with E-state index >= 15 is 0 Å². The third-order valence-corrected chi connectivity index (χ3v) is 1.52. The monoisotopic (exact) mass is 143 g/mol. The second-order valence-corrected chi connectivity index (χ2v) is 2.63. The Labute approximate surface area is 60.7 Å². The van der Waals surface area contributed by atoms with Crippen molar-refractivity contribution in [3.05, 3.63) is 4.91 Å². The molecule has 1 fully saturated rings. The molecule has 0 aromatic heterocycles. The maximum Gasteiger partial charge on any atom is 0.0812 e. The van der Waals surface area contributed by atoms with Gasteiger partial charge in [-0.2, -0.15) is 4.91 Å². The largest absolute Gasteiger partial charge is 0.378 e. The van der Waals surface area contributed by atoms with Gasteiger partial charge in [0.25, 0.3) is 0 Å². The SMILES string of the molecule is O=NCCCCOC1CC1. The molecular formula is C7H13NO2. The fraction of sp³-hybridized carbons (Fsp3) is 1.00. The van der Waals surface area contributed by atoms with Crippen molar-refractivity contribution >= 4 is 0 Å². The van der Waals surface area contributed by atoms with Crippen LogP contribution < -0.4 is 0 Å². The second kappa shape index (κ2) is 4.39. The summed E-state index contributed by atoms with van der Waals surface area (Å²) >= 11 is 0. The van der Waals surface area contributed by atoms with Crippen LogP contribution in [0.5, 0.6) is 0 Å².